The van der Waals surface area contributed by atoms with Crippen molar-refractivity contribution < 1.29 is 29.3 Å². The molecule has 0 aromatic heterocycles. The Bertz CT molecular complexity index is 499. The third kappa shape index (κ3) is 4.65. The predicted molar refractivity (Wildman–Crippen MR) is 80.0 cm³/mol. The van der Waals surface area contributed by atoms with Gasteiger partial charge in [0.1, 0.15) is 22.6 Å². The molecular weight excluding hydrogens is 288 g/mol. The second-order valence-electron chi connectivity index (χ2n) is 5.84. The van der Waals surface area contributed by atoms with Gasteiger partial charge < -0.3 is 19.7 Å². The number of hydrogen-bond acceptors (Lipinski definition) is 6. The number of hydrogen-bond donors (Lipinski definition) is 2. The van der Waals surface area contributed by atoms with Gasteiger partial charge in [-0.05, 0) is 24.0 Å². The van der Waals surface area contributed by atoms with Crippen LogP contribution in [0.2, 0.25) is 0 Å². The van der Waals surface area contributed by atoms with Crippen LogP contribution in [0.4, 0.5) is 0 Å². The van der Waals surface area contributed by atoms with E-state index in [1.165, 1.54) is 0 Å². The highest BCUT2D eigenvalue weighted by Gasteiger charge is 2.27. The van der Waals surface area contributed by atoms with Crippen LogP contribution in [0.1, 0.15) is 48.4 Å². The highest BCUT2D eigenvalue weighted by Crippen LogP contribution is 2.30. The lowest BCUT2D eigenvalue weighted by molar-refractivity contribution is 0.0406. The first-order valence-electron chi connectivity index (χ1n) is 7.13. The van der Waals surface area contributed by atoms with Crippen LogP contribution in [-0.2, 0) is 9.47 Å². The molecule has 0 atom stereocenters. The van der Waals surface area contributed by atoms with Crippen molar-refractivity contribution in [2.45, 2.75) is 27.7 Å². The van der Waals surface area contributed by atoms with Crippen LogP contribution >= 0.6 is 0 Å². The average molecular weight is 310 g/mol. The van der Waals surface area contributed by atoms with Crippen LogP contribution < -0.4 is 0 Å². The first kappa shape index (κ1) is 17.8. The van der Waals surface area contributed by atoms with Crippen LogP contribution in [-0.4, -0.2) is 35.4 Å². The Labute approximate surface area is 129 Å². The Morgan fingerprint density at radius 3 is 1.45 bits per heavy atom. The van der Waals surface area contributed by atoms with Crippen molar-refractivity contribution in [3.8, 4) is 11.5 Å². The van der Waals surface area contributed by atoms with E-state index >= 15 is 0 Å². The number of phenolic OH excluding ortho intramolecular Hbond substituents is 2. The minimum Gasteiger partial charge on any atom is -0.507 e. The Kier molecular flexibility index (Phi) is 6.22. The molecule has 1 rings (SSSR count). The second-order valence-corrected chi connectivity index (χ2v) is 5.84. The molecule has 0 saturated heterocycles. The lowest BCUT2D eigenvalue weighted by atomic mass is 10.0. The van der Waals surface area contributed by atoms with Gasteiger partial charge in [0.2, 0.25) is 0 Å². The normalized spacial score (nSPS) is 10.8. The zero-order chi connectivity index (χ0) is 16.9. The number of ether oxygens (including phenoxy) is 2. The molecule has 1 aromatic rings. The average Bonchev–Trinajstić information content (AvgIpc) is 2.44. The van der Waals surface area contributed by atoms with Crippen molar-refractivity contribution in [1.82, 2.24) is 0 Å². The first-order chi connectivity index (χ1) is 10.2. The summed E-state index contributed by atoms with van der Waals surface area (Å²) in [7, 11) is 0. The minimum absolute atomic E-state index is 0.0970. The summed E-state index contributed by atoms with van der Waals surface area (Å²) in [6.45, 7) is 7.69. The number of aromatic hydroxyl groups is 2. The molecule has 0 aliphatic heterocycles. The SMILES string of the molecule is CC(C)COC(=O)c1c(O)ccc(O)c1C(=O)OCC(C)C. The van der Waals surface area contributed by atoms with E-state index in [0.29, 0.717) is 0 Å². The molecule has 0 fully saturated rings. The molecule has 6 heteroatoms. The van der Waals surface area contributed by atoms with Crippen molar-refractivity contribution >= 4 is 11.9 Å². The van der Waals surface area contributed by atoms with E-state index < -0.39 is 23.4 Å². The van der Waals surface area contributed by atoms with Crippen molar-refractivity contribution in [3.63, 3.8) is 0 Å². The summed E-state index contributed by atoms with van der Waals surface area (Å²) in [4.78, 5) is 24.2. The smallest absolute Gasteiger partial charge is 0.342 e. The number of carbonyl (C=O) groups excluding carboxylic acids is 2. The number of esters is 2. The molecule has 6 nitrogen and oxygen atoms in total. The summed E-state index contributed by atoms with van der Waals surface area (Å²) in [5, 5.41) is 19.7. The standard InChI is InChI=1S/C16H22O6/c1-9(2)7-21-15(19)13-11(17)5-6-12(18)14(13)16(20)22-8-10(3)4/h5-6,9-10,17-18H,7-8H2,1-4H3. The monoisotopic (exact) mass is 310 g/mol. The molecule has 1 aromatic carbocycles. The van der Waals surface area contributed by atoms with Crippen LogP contribution in [0.25, 0.3) is 0 Å². The van der Waals surface area contributed by atoms with Gasteiger partial charge in [0.15, 0.2) is 0 Å². The number of carbonyl (C=O) groups is 2. The molecule has 0 unspecified atom stereocenters. The fourth-order valence-corrected chi connectivity index (χ4v) is 1.62. The zero-order valence-electron chi connectivity index (χ0n) is 13.3. The van der Waals surface area contributed by atoms with E-state index in [1.807, 2.05) is 27.7 Å². The molecule has 2 N–H and O–H groups in total. The fourth-order valence-electron chi connectivity index (χ4n) is 1.62. The summed E-state index contributed by atoms with van der Waals surface area (Å²) in [5.41, 5.74) is -0.760. The van der Waals surface area contributed by atoms with Crippen molar-refractivity contribution in [2.75, 3.05) is 13.2 Å². The molecule has 0 heterocycles. The van der Waals surface area contributed by atoms with E-state index in [-0.39, 0.29) is 36.2 Å². The highest BCUT2D eigenvalue weighted by molar-refractivity contribution is 6.06. The van der Waals surface area contributed by atoms with Gasteiger partial charge in [-0.1, -0.05) is 27.7 Å². The lowest BCUT2D eigenvalue weighted by Crippen LogP contribution is -2.17. The van der Waals surface area contributed by atoms with Crippen molar-refractivity contribution in [2.24, 2.45) is 11.8 Å². The zero-order valence-corrected chi connectivity index (χ0v) is 13.3. The number of phenols is 2. The maximum Gasteiger partial charge on any atom is 0.342 e. The quantitative estimate of drug-likeness (QED) is 0.620. The molecule has 0 spiro atoms. The molecule has 0 amide bonds. The molecular formula is C16H22O6. The fraction of sp³-hybridized carbons (Fsp3) is 0.500. The van der Waals surface area contributed by atoms with E-state index in [9.17, 15) is 19.8 Å². The molecule has 0 bridgehead atoms. The largest absolute Gasteiger partial charge is 0.507 e. The first-order valence-corrected chi connectivity index (χ1v) is 7.13. The Hall–Kier alpha value is -2.24. The van der Waals surface area contributed by atoms with Gasteiger partial charge in [-0.3, -0.25) is 0 Å². The van der Waals surface area contributed by atoms with E-state index in [2.05, 4.69) is 0 Å². The van der Waals surface area contributed by atoms with Crippen LogP contribution in [0, 0.1) is 11.8 Å². The van der Waals surface area contributed by atoms with Gasteiger partial charge in [-0.2, -0.15) is 0 Å². The summed E-state index contributed by atoms with van der Waals surface area (Å²) in [5.74, 6) is -2.44. The molecule has 0 aliphatic carbocycles. The topological polar surface area (TPSA) is 93.1 Å². The number of benzene rings is 1. The van der Waals surface area contributed by atoms with Gasteiger partial charge in [-0.25, -0.2) is 9.59 Å². The second kappa shape index (κ2) is 7.68. The number of rotatable bonds is 6. The Morgan fingerprint density at radius 1 is 0.864 bits per heavy atom. The van der Waals surface area contributed by atoms with Gasteiger partial charge in [-0.15, -0.1) is 0 Å². The van der Waals surface area contributed by atoms with Gasteiger partial charge in [0.05, 0.1) is 13.2 Å². The maximum absolute atomic E-state index is 12.1. The van der Waals surface area contributed by atoms with Crippen molar-refractivity contribution in [3.05, 3.63) is 23.3 Å². The van der Waals surface area contributed by atoms with E-state index in [1.54, 1.807) is 0 Å². The summed E-state index contributed by atoms with van der Waals surface area (Å²) in [6, 6.07) is 2.25. The lowest BCUT2D eigenvalue weighted by Gasteiger charge is -2.14. The van der Waals surface area contributed by atoms with Crippen LogP contribution in [0.15, 0.2) is 12.1 Å². The minimum atomic E-state index is -0.876. The Morgan fingerprint density at radius 2 is 1.18 bits per heavy atom. The van der Waals surface area contributed by atoms with Crippen LogP contribution in [0.5, 0.6) is 11.5 Å². The Balaban J connectivity index is 3.12. The van der Waals surface area contributed by atoms with Gasteiger partial charge in [0.25, 0.3) is 0 Å². The maximum atomic E-state index is 12.1. The predicted octanol–water partition coefficient (Wildman–Crippen LogP) is 2.72. The summed E-state index contributed by atoms with van der Waals surface area (Å²) < 4.78 is 10.0. The molecule has 122 valence electrons. The summed E-state index contributed by atoms with van der Waals surface area (Å²) >= 11 is 0. The third-order valence-corrected chi connectivity index (χ3v) is 2.67. The molecule has 22 heavy (non-hydrogen) atoms. The van der Waals surface area contributed by atoms with Crippen LogP contribution in [0.3, 0.4) is 0 Å². The highest BCUT2D eigenvalue weighted by atomic mass is 16.5. The van der Waals surface area contributed by atoms with Gasteiger partial charge in [0, 0.05) is 0 Å². The van der Waals surface area contributed by atoms with E-state index in [0.717, 1.165) is 12.1 Å². The summed E-state index contributed by atoms with van der Waals surface area (Å²) in [6.07, 6.45) is 0. The molecule has 0 aliphatic rings. The molecule has 0 radical (unpaired) electrons. The molecule has 0 saturated carbocycles. The van der Waals surface area contributed by atoms with Crippen molar-refractivity contribution in [1.29, 1.82) is 0 Å². The van der Waals surface area contributed by atoms with Gasteiger partial charge >= 0.3 is 11.9 Å². The third-order valence-electron chi connectivity index (χ3n) is 2.67. The van der Waals surface area contributed by atoms with E-state index in [4.69, 9.17) is 9.47 Å².